The minimum absolute atomic E-state index is 0.293. The normalized spacial score (nSPS) is 15.2. The van der Waals surface area contributed by atoms with Gasteiger partial charge < -0.3 is 25.4 Å². The van der Waals surface area contributed by atoms with E-state index in [2.05, 4.69) is 20.9 Å². The summed E-state index contributed by atoms with van der Waals surface area (Å²) >= 11 is 7.72. The van der Waals surface area contributed by atoms with Crippen molar-refractivity contribution in [2.45, 2.75) is 6.54 Å². The molecule has 39 heavy (non-hydrogen) atoms. The molecule has 1 saturated heterocycles. The van der Waals surface area contributed by atoms with E-state index in [1.807, 2.05) is 18.2 Å². The number of hydrogen-bond acceptors (Lipinski definition) is 8. The first-order chi connectivity index (χ1) is 19.0. The lowest BCUT2D eigenvalue weighted by Gasteiger charge is -2.26. The maximum absolute atomic E-state index is 13.1. The largest absolute Gasteiger partial charge is 0.486 e. The molecule has 6 rings (SSSR count). The third-order valence-corrected chi connectivity index (χ3v) is 7.91. The Balaban J connectivity index is 1.14. The molecule has 2 aromatic carbocycles. The molecule has 2 aliphatic heterocycles. The Morgan fingerprint density at radius 2 is 1.77 bits per heavy atom. The molecule has 0 unspecified atom stereocenters. The molecule has 0 spiro atoms. The van der Waals surface area contributed by atoms with Crippen molar-refractivity contribution in [1.82, 2.24) is 15.2 Å². The van der Waals surface area contributed by atoms with Crippen LogP contribution in [0.25, 0.3) is 10.2 Å². The van der Waals surface area contributed by atoms with E-state index >= 15 is 0 Å². The number of ether oxygens (including phenoxy) is 2. The van der Waals surface area contributed by atoms with Gasteiger partial charge in [0.15, 0.2) is 11.5 Å². The molecule has 0 bridgehead atoms. The highest BCUT2D eigenvalue weighted by Crippen LogP contribution is 2.32. The summed E-state index contributed by atoms with van der Waals surface area (Å²) in [5.74, 6) is 0.533. The third-order valence-electron chi connectivity index (χ3n) is 6.54. The number of amides is 2. The van der Waals surface area contributed by atoms with Gasteiger partial charge in [0.05, 0.1) is 21.3 Å². The Morgan fingerprint density at radius 3 is 2.62 bits per heavy atom. The van der Waals surface area contributed by atoms with Crippen molar-refractivity contribution in [3.05, 3.63) is 75.8 Å². The monoisotopic (exact) mass is 563 g/mol. The lowest BCUT2D eigenvalue weighted by Crippen LogP contribution is -2.43. The molecule has 0 saturated carbocycles. The third kappa shape index (κ3) is 5.84. The number of rotatable bonds is 6. The van der Waals surface area contributed by atoms with Gasteiger partial charge in [0.1, 0.15) is 18.0 Å². The number of halogens is 1. The molecule has 200 valence electrons. The second kappa shape index (κ2) is 11.2. The maximum Gasteiger partial charge on any atom is 0.265 e. The van der Waals surface area contributed by atoms with Gasteiger partial charge in [-0.2, -0.15) is 0 Å². The van der Waals surface area contributed by atoms with Crippen molar-refractivity contribution in [1.29, 1.82) is 0 Å². The van der Waals surface area contributed by atoms with E-state index in [4.69, 9.17) is 26.1 Å². The van der Waals surface area contributed by atoms with Gasteiger partial charge in [-0.1, -0.05) is 17.7 Å². The number of nitrogens with zero attached hydrogens (tertiary/aromatic N) is 2. The summed E-state index contributed by atoms with van der Waals surface area (Å²) in [6, 6.07) is 15.8. The van der Waals surface area contributed by atoms with Crippen LogP contribution in [0.5, 0.6) is 11.5 Å². The number of piperazine rings is 1. The lowest BCUT2D eigenvalue weighted by molar-refractivity contribution is 0.102. The number of benzene rings is 2. The fraction of sp³-hybridized carbons (Fsp3) is 0.250. The van der Waals surface area contributed by atoms with Crippen molar-refractivity contribution in [3.63, 3.8) is 0 Å². The summed E-state index contributed by atoms with van der Waals surface area (Å²) in [4.78, 5) is 34.5. The molecule has 2 amide bonds. The summed E-state index contributed by atoms with van der Waals surface area (Å²) < 4.78 is 11.1. The Morgan fingerprint density at radius 1 is 0.949 bits per heavy atom. The number of anilines is 2. The van der Waals surface area contributed by atoms with Crippen LogP contribution < -0.4 is 25.4 Å². The zero-order valence-corrected chi connectivity index (χ0v) is 22.5. The van der Waals surface area contributed by atoms with Crippen LogP contribution >= 0.6 is 22.9 Å². The van der Waals surface area contributed by atoms with E-state index in [9.17, 15) is 9.59 Å². The fourth-order valence-electron chi connectivity index (χ4n) is 4.52. The molecular formula is C28H26ClN5O4S. The highest BCUT2D eigenvalue weighted by atomic mass is 35.5. The molecule has 1 fully saturated rings. The summed E-state index contributed by atoms with van der Waals surface area (Å²) in [5.41, 5.74) is 2.30. The standard InChI is InChI=1S/C28H26ClN5O4S/c29-21-5-4-19(31-26(35)17-2-6-23-24(13-17)38-12-11-37-23)15-22(21)33-27(36)25-14-18-1-3-20(32-28(18)39-25)16-34-9-7-30-8-10-34/h1-6,13-15,30H,7-12,16H2,(H,31,35)(H,33,36). The van der Waals surface area contributed by atoms with Gasteiger partial charge in [-0.15, -0.1) is 11.3 Å². The van der Waals surface area contributed by atoms with Gasteiger partial charge in [0.25, 0.3) is 11.8 Å². The van der Waals surface area contributed by atoms with E-state index in [-0.39, 0.29) is 11.8 Å². The molecule has 4 aromatic rings. The number of pyridine rings is 1. The zero-order valence-electron chi connectivity index (χ0n) is 21.0. The molecule has 0 radical (unpaired) electrons. The van der Waals surface area contributed by atoms with Crippen molar-refractivity contribution < 1.29 is 19.1 Å². The number of thiophene rings is 1. The highest BCUT2D eigenvalue weighted by molar-refractivity contribution is 7.20. The van der Waals surface area contributed by atoms with Crippen molar-refractivity contribution in [3.8, 4) is 11.5 Å². The molecule has 3 N–H and O–H groups in total. The molecule has 0 atom stereocenters. The first-order valence-electron chi connectivity index (χ1n) is 12.7. The molecule has 2 aromatic heterocycles. The van der Waals surface area contributed by atoms with E-state index in [1.54, 1.807) is 36.4 Å². The van der Waals surface area contributed by atoms with Crippen LogP contribution in [0, 0.1) is 0 Å². The van der Waals surface area contributed by atoms with Gasteiger partial charge >= 0.3 is 0 Å². The average Bonchev–Trinajstić information content (AvgIpc) is 3.39. The predicted octanol–water partition coefficient (Wildman–Crippen LogP) is 4.63. The number of hydrogen-bond donors (Lipinski definition) is 3. The number of nitrogens with one attached hydrogen (secondary N) is 3. The van der Waals surface area contributed by atoms with Crippen LogP contribution in [0.4, 0.5) is 11.4 Å². The van der Waals surface area contributed by atoms with Gasteiger partial charge in [-0.3, -0.25) is 14.5 Å². The second-order valence-corrected chi connectivity index (χ2v) is 10.7. The topological polar surface area (TPSA) is 105 Å². The van der Waals surface area contributed by atoms with E-state index in [0.29, 0.717) is 51.6 Å². The molecule has 0 aliphatic carbocycles. The first kappa shape index (κ1) is 25.6. The van der Waals surface area contributed by atoms with Crippen molar-refractivity contribution >= 4 is 56.3 Å². The summed E-state index contributed by atoms with van der Waals surface area (Å²) in [5, 5.41) is 10.4. The fourth-order valence-corrected chi connectivity index (χ4v) is 5.64. The molecule has 9 nitrogen and oxygen atoms in total. The van der Waals surface area contributed by atoms with E-state index < -0.39 is 0 Å². The van der Waals surface area contributed by atoms with Crippen LogP contribution in [-0.2, 0) is 6.54 Å². The minimum Gasteiger partial charge on any atom is -0.486 e. The lowest BCUT2D eigenvalue weighted by atomic mass is 10.1. The Labute approximate surface area is 234 Å². The highest BCUT2D eigenvalue weighted by Gasteiger charge is 2.18. The van der Waals surface area contributed by atoms with Crippen LogP contribution in [0.1, 0.15) is 25.7 Å². The van der Waals surface area contributed by atoms with Crippen molar-refractivity contribution in [2.75, 3.05) is 50.0 Å². The van der Waals surface area contributed by atoms with Gasteiger partial charge in [0.2, 0.25) is 0 Å². The van der Waals surface area contributed by atoms with Crippen molar-refractivity contribution in [2.24, 2.45) is 0 Å². The van der Waals surface area contributed by atoms with Gasteiger partial charge in [0, 0.05) is 49.4 Å². The average molecular weight is 564 g/mol. The Kier molecular flexibility index (Phi) is 7.34. The smallest absolute Gasteiger partial charge is 0.265 e. The van der Waals surface area contributed by atoms with Gasteiger partial charge in [-0.25, -0.2) is 4.98 Å². The van der Waals surface area contributed by atoms with E-state index in [0.717, 1.165) is 48.6 Å². The van der Waals surface area contributed by atoms with E-state index in [1.165, 1.54) is 11.3 Å². The number of carbonyl (C=O) groups excluding carboxylic acids is 2. The molecule has 4 heterocycles. The molecular weight excluding hydrogens is 538 g/mol. The second-order valence-electron chi connectivity index (χ2n) is 9.30. The number of fused-ring (bicyclic) bond motifs is 2. The summed E-state index contributed by atoms with van der Waals surface area (Å²) in [7, 11) is 0. The predicted molar refractivity (Wildman–Crippen MR) is 153 cm³/mol. The van der Waals surface area contributed by atoms with Crippen LogP contribution in [0.15, 0.2) is 54.6 Å². The minimum atomic E-state index is -0.321. The van der Waals surface area contributed by atoms with Crippen LogP contribution in [0.2, 0.25) is 5.02 Å². The maximum atomic E-state index is 13.1. The van der Waals surface area contributed by atoms with Crippen LogP contribution in [0.3, 0.4) is 0 Å². The summed E-state index contributed by atoms with van der Waals surface area (Å²) in [6.45, 7) is 5.66. The molecule has 2 aliphatic rings. The zero-order chi connectivity index (χ0) is 26.8. The Bertz CT molecular complexity index is 1550. The SMILES string of the molecule is O=C(Nc1ccc(Cl)c(NC(=O)c2cc3ccc(CN4CCNCC4)nc3s2)c1)c1ccc2c(c1)OCCO2. The Hall–Kier alpha value is -3.70. The number of carbonyl (C=O) groups is 2. The molecule has 11 heteroatoms. The quantitative estimate of drug-likeness (QED) is 0.314. The summed E-state index contributed by atoms with van der Waals surface area (Å²) in [6.07, 6.45) is 0. The van der Waals surface area contributed by atoms with Crippen LogP contribution in [-0.4, -0.2) is 61.1 Å². The van der Waals surface area contributed by atoms with Gasteiger partial charge in [-0.05, 0) is 48.5 Å². The number of aromatic nitrogens is 1. The first-order valence-corrected chi connectivity index (χ1v) is 13.9.